The van der Waals surface area contributed by atoms with Crippen molar-refractivity contribution >= 4 is 11.9 Å². The summed E-state index contributed by atoms with van der Waals surface area (Å²) < 4.78 is 43.0. The molecule has 0 bridgehead atoms. The third-order valence-electron chi connectivity index (χ3n) is 5.35. The zero-order chi connectivity index (χ0) is 18.0. The van der Waals surface area contributed by atoms with Crippen LogP contribution < -0.4 is 0 Å². The highest BCUT2D eigenvalue weighted by molar-refractivity contribution is 5.81. The predicted molar refractivity (Wildman–Crippen MR) is 79.3 cm³/mol. The van der Waals surface area contributed by atoms with Crippen molar-refractivity contribution in [2.24, 2.45) is 17.3 Å². The Balaban J connectivity index is 1.85. The molecule has 1 unspecified atom stereocenters. The molecule has 2 aliphatic rings. The molecule has 0 radical (unpaired) electrons. The number of ether oxygens (including phenoxy) is 1. The molecule has 1 N–H and O–H groups in total. The van der Waals surface area contributed by atoms with E-state index in [0.29, 0.717) is 25.8 Å². The Morgan fingerprint density at radius 1 is 1.25 bits per heavy atom. The van der Waals surface area contributed by atoms with Gasteiger partial charge >= 0.3 is 12.1 Å². The second-order valence-corrected chi connectivity index (χ2v) is 7.05. The van der Waals surface area contributed by atoms with E-state index in [9.17, 15) is 27.9 Å². The van der Waals surface area contributed by atoms with E-state index in [1.54, 1.807) is 0 Å². The Morgan fingerprint density at radius 3 is 2.38 bits per heavy atom. The second-order valence-electron chi connectivity index (χ2n) is 7.05. The van der Waals surface area contributed by atoms with Crippen molar-refractivity contribution in [3.63, 3.8) is 0 Å². The number of alkyl halides is 3. The number of likely N-dealkylation sites (tertiary alicyclic amines) is 1. The zero-order valence-corrected chi connectivity index (χ0v) is 13.8. The summed E-state index contributed by atoms with van der Waals surface area (Å²) in [4.78, 5) is 25.4. The first-order chi connectivity index (χ1) is 11.2. The maximum Gasteiger partial charge on any atom is 0.391 e. The lowest BCUT2D eigenvalue weighted by molar-refractivity contribution is -0.184. The molecule has 24 heavy (non-hydrogen) atoms. The standard InChI is InChI=1S/C16H24F3NO4/c1-24-10-15(14(22)23)6-7-20(9-15)13(21)8-11-2-4-12(5-3-11)16(17,18)19/h11-12H,2-10H2,1H3,(H,22,23). The molecule has 1 amide bonds. The number of hydrogen-bond donors (Lipinski definition) is 1. The number of nitrogens with zero attached hydrogens (tertiary/aromatic N) is 1. The molecule has 0 spiro atoms. The van der Waals surface area contributed by atoms with Gasteiger partial charge in [-0.2, -0.15) is 13.2 Å². The number of carboxylic acids is 1. The topological polar surface area (TPSA) is 66.8 Å². The molecule has 0 aromatic rings. The average molecular weight is 351 g/mol. The molecule has 1 saturated carbocycles. The van der Waals surface area contributed by atoms with Crippen molar-refractivity contribution < 1.29 is 32.6 Å². The van der Waals surface area contributed by atoms with Crippen LogP contribution in [0, 0.1) is 17.3 Å². The summed E-state index contributed by atoms with van der Waals surface area (Å²) >= 11 is 0. The van der Waals surface area contributed by atoms with E-state index in [1.807, 2.05) is 0 Å². The zero-order valence-electron chi connectivity index (χ0n) is 13.8. The number of aliphatic carboxylic acids is 1. The van der Waals surface area contributed by atoms with E-state index >= 15 is 0 Å². The smallest absolute Gasteiger partial charge is 0.391 e. The van der Waals surface area contributed by atoms with Crippen molar-refractivity contribution in [2.75, 3.05) is 26.8 Å². The lowest BCUT2D eigenvalue weighted by atomic mass is 9.80. The van der Waals surface area contributed by atoms with Crippen LogP contribution in [0.3, 0.4) is 0 Å². The minimum absolute atomic E-state index is 0.0432. The number of halogens is 3. The summed E-state index contributed by atoms with van der Waals surface area (Å²) in [7, 11) is 1.42. The molecular formula is C16H24F3NO4. The molecule has 138 valence electrons. The molecular weight excluding hydrogens is 327 g/mol. The van der Waals surface area contributed by atoms with Gasteiger partial charge in [-0.25, -0.2) is 0 Å². The summed E-state index contributed by atoms with van der Waals surface area (Å²) in [5, 5.41) is 9.40. The van der Waals surface area contributed by atoms with Gasteiger partial charge in [0.15, 0.2) is 0 Å². The van der Waals surface area contributed by atoms with Gasteiger partial charge in [0.05, 0.1) is 12.5 Å². The fourth-order valence-corrected chi connectivity index (χ4v) is 3.79. The molecule has 8 heteroatoms. The van der Waals surface area contributed by atoms with E-state index in [4.69, 9.17) is 4.74 Å². The minimum Gasteiger partial charge on any atom is -0.481 e. The lowest BCUT2D eigenvalue weighted by Gasteiger charge is -2.30. The third-order valence-corrected chi connectivity index (χ3v) is 5.35. The predicted octanol–water partition coefficient (Wildman–Crippen LogP) is 2.69. The van der Waals surface area contributed by atoms with Gasteiger partial charge in [0.2, 0.25) is 5.91 Å². The first-order valence-corrected chi connectivity index (χ1v) is 8.25. The first kappa shape index (κ1) is 19.0. The number of hydrogen-bond acceptors (Lipinski definition) is 3. The monoisotopic (exact) mass is 351 g/mol. The maximum atomic E-state index is 12.7. The van der Waals surface area contributed by atoms with Crippen LogP contribution in [0.15, 0.2) is 0 Å². The quantitative estimate of drug-likeness (QED) is 0.827. The average Bonchev–Trinajstić information content (AvgIpc) is 2.93. The molecule has 1 aliphatic heterocycles. The van der Waals surface area contributed by atoms with Crippen LogP contribution in [0.1, 0.15) is 38.5 Å². The van der Waals surface area contributed by atoms with Gasteiger partial charge in [0.1, 0.15) is 5.41 Å². The molecule has 5 nitrogen and oxygen atoms in total. The second kappa shape index (κ2) is 7.29. The van der Waals surface area contributed by atoms with Gasteiger partial charge in [-0.3, -0.25) is 9.59 Å². The molecule has 1 heterocycles. The van der Waals surface area contributed by atoms with Gasteiger partial charge < -0.3 is 14.7 Å². The lowest BCUT2D eigenvalue weighted by Crippen LogP contribution is -2.40. The van der Waals surface area contributed by atoms with Gasteiger partial charge in [0.25, 0.3) is 0 Å². The normalized spacial score (nSPS) is 31.2. The number of amides is 1. The third kappa shape index (κ3) is 4.20. The van der Waals surface area contributed by atoms with Gasteiger partial charge in [-0.05, 0) is 38.0 Å². The fourth-order valence-electron chi connectivity index (χ4n) is 3.79. The van der Waals surface area contributed by atoms with Crippen molar-refractivity contribution in [1.29, 1.82) is 0 Å². The molecule has 1 saturated heterocycles. The van der Waals surface area contributed by atoms with Crippen LogP contribution in [-0.4, -0.2) is 54.9 Å². The van der Waals surface area contributed by atoms with Gasteiger partial charge in [-0.1, -0.05) is 0 Å². The highest BCUT2D eigenvalue weighted by atomic mass is 19.4. The minimum atomic E-state index is -4.15. The van der Waals surface area contributed by atoms with Crippen LogP contribution >= 0.6 is 0 Å². The summed E-state index contributed by atoms with van der Waals surface area (Å²) in [5.41, 5.74) is -1.07. The van der Waals surface area contributed by atoms with E-state index in [0.717, 1.165) is 0 Å². The summed E-state index contributed by atoms with van der Waals surface area (Å²) in [6.07, 6.45) is -2.67. The van der Waals surface area contributed by atoms with Crippen LogP contribution in [0.4, 0.5) is 13.2 Å². The van der Waals surface area contributed by atoms with E-state index in [-0.39, 0.29) is 44.2 Å². The van der Waals surface area contributed by atoms with Crippen molar-refractivity contribution in [3.8, 4) is 0 Å². The highest BCUT2D eigenvalue weighted by Crippen LogP contribution is 2.41. The SMILES string of the molecule is COCC1(C(=O)O)CCN(C(=O)CC2CCC(C(F)(F)F)CC2)C1. The van der Waals surface area contributed by atoms with Crippen molar-refractivity contribution in [3.05, 3.63) is 0 Å². The van der Waals surface area contributed by atoms with E-state index in [1.165, 1.54) is 12.0 Å². The van der Waals surface area contributed by atoms with Crippen LogP contribution in [0.25, 0.3) is 0 Å². The molecule has 2 rings (SSSR count). The van der Waals surface area contributed by atoms with Gasteiger partial charge in [0, 0.05) is 26.6 Å². The van der Waals surface area contributed by atoms with Crippen LogP contribution in [0.2, 0.25) is 0 Å². The number of carbonyl (C=O) groups excluding carboxylic acids is 1. The van der Waals surface area contributed by atoms with E-state index < -0.39 is 23.5 Å². The van der Waals surface area contributed by atoms with Crippen LogP contribution in [-0.2, 0) is 14.3 Å². The summed E-state index contributed by atoms with van der Waals surface area (Å²) in [6.45, 7) is 0.502. The molecule has 0 aromatic carbocycles. The van der Waals surface area contributed by atoms with Crippen molar-refractivity contribution in [2.45, 2.75) is 44.7 Å². The highest BCUT2D eigenvalue weighted by Gasteiger charge is 2.47. The molecule has 2 fully saturated rings. The molecule has 1 atom stereocenters. The Morgan fingerprint density at radius 2 is 1.88 bits per heavy atom. The number of methoxy groups -OCH3 is 1. The Kier molecular flexibility index (Phi) is 5.78. The number of carbonyl (C=O) groups is 2. The number of carboxylic acid groups (broad SMARTS) is 1. The van der Waals surface area contributed by atoms with E-state index in [2.05, 4.69) is 0 Å². The summed E-state index contributed by atoms with van der Waals surface area (Å²) in [5.74, 6) is -2.44. The Labute approximate surface area is 139 Å². The Hall–Kier alpha value is -1.31. The largest absolute Gasteiger partial charge is 0.481 e. The number of rotatable bonds is 5. The maximum absolute atomic E-state index is 12.7. The van der Waals surface area contributed by atoms with Crippen molar-refractivity contribution in [1.82, 2.24) is 4.90 Å². The Bertz CT molecular complexity index is 474. The fraction of sp³-hybridized carbons (Fsp3) is 0.875. The molecule has 0 aromatic heterocycles. The molecule has 1 aliphatic carbocycles. The van der Waals surface area contributed by atoms with Gasteiger partial charge in [-0.15, -0.1) is 0 Å². The van der Waals surface area contributed by atoms with Crippen LogP contribution in [0.5, 0.6) is 0 Å². The first-order valence-electron chi connectivity index (χ1n) is 8.25. The summed E-state index contributed by atoms with van der Waals surface area (Å²) in [6, 6.07) is 0.